The van der Waals surface area contributed by atoms with E-state index >= 15 is 0 Å². The maximum Gasteiger partial charge on any atom is 0.416 e. The molecule has 160 valence electrons. The molecule has 1 N–H and O–H groups in total. The number of halogens is 3. The number of sulfonamides is 1. The van der Waals surface area contributed by atoms with E-state index in [-0.39, 0.29) is 18.0 Å². The molecule has 0 spiro atoms. The quantitative estimate of drug-likeness (QED) is 0.423. The highest BCUT2D eigenvalue weighted by molar-refractivity contribution is 7.92. The molecule has 0 aliphatic carbocycles. The lowest BCUT2D eigenvalue weighted by atomic mass is 10.1. The van der Waals surface area contributed by atoms with Crippen molar-refractivity contribution in [1.82, 2.24) is 10.1 Å². The summed E-state index contributed by atoms with van der Waals surface area (Å²) in [5.41, 5.74) is -0.314. The van der Waals surface area contributed by atoms with Crippen LogP contribution in [0.2, 0.25) is 0 Å². The van der Waals surface area contributed by atoms with E-state index < -0.39 is 26.7 Å². The predicted octanol–water partition coefficient (Wildman–Crippen LogP) is 5.21. The molecule has 2 aromatic heterocycles. The van der Waals surface area contributed by atoms with Crippen LogP contribution in [-0.4, -0.2) is 18.6 Å². The predicted molar refractivity (Wildman–Crippen MR) is 109 cm³/mol. The Kier molecular flexibility index (Phi) is 5.54. The van der Waals surface area contributed by atoms with Crippen LogP contribution in [0, 0.1) is 0 Å². The van der Waals surface area contributed by atoms with Gasteiger partial charge in [0.2, 0.25) is 11.7 Å². The molecule has 0 atom stereocenters. The third-order valence-electron chi connectivity index (χ3n) is 4.28. The van der Waals surface area contributed by atoms with Gasteiger partial charge in [0.1, 0.15) is 0 Å². The Morgan fingerprint density at radius 1 is 1.03 bits per heavy atom. The normalized spacial score (nSPS) is 12.1. The van der Waals surface area contributed by atoms with Crippen LogP contribution >= 0.6 is 11.3 Å². The monoisotopic (exact) mass is 465 g/mol. The van der Waals surface area contributed by atoms with Gasteiger partial charge < -0.3 is 4.52 Å². The summed E-state index contributed by atoms with van der Waals surface area (Å²) in [5, 5.41) is 5.80. The van der Waals surface area contributed by atoms with Crippen LogP contribution in [0.5, 0.6) is 0 Å². The number of alkyl halides is 3. The van der Waals surface area contributed by atoms with Gasteiger partial charge in [-0.25, -0.2) is 8.42 Å². The summed E-state index contributed by atoms with van der Waals surface area (Å²) in [6, 6.07) is 13.7. The summed E-state index contributed by atoms with van der Waals surface area (Å²) in [5.74, 6) is 0.696. The van der Waals surface area contributed by atoms with Crippen molar-refractivity contribution in [3.8, 4) is 10.7 Å². The molecule has 11 heteroatoms. The van der Waals surface area contributed by atoms with Gasteiger partial charge in [-0.2, -0.15) is 18.2 Å². The molecule has 6 nitrogen and oxygen atoms in total. The van der Waals surface area contributed by atoms with Crippen LogP contribution in [-0.2, 0) is 22.6 Å². The average Bonchev–Trinajstić information content (AvgIpc) is 3.41. The largest absolute Gasteiger partial charge is 0.416 e. The van der Waals surface area contributed by atoms with Gasteiger partial charge in [-0.1, -0.05) is 35.5 Å². The van der Waals surface area contributed by atoms with Gasteiger partial charge in [0, 0.05) is 0 Å². The topological polar surface area (TPSA) is 85.1 Å². The third-order valence-corrected chi connectivity index (χ3v) is 6.51. The molecule has 31 heavy (non-hydrogen) atoms. The Labute approximate surface area is 179 Å². The summed E-state index contributed by atoms with van der Waals surface area (Å²) in [7, 11) is -4.26. The first-order valence-electron chi connectivity index (χ1n) is 8.87. The second-order valence-electron chi connectivity index (χ2n) is 6.45. The molecule has 2 heterocycles. The fourth-order valence-electron chi connectivity index (χ4n) is 2.81. The first-order valence-corrected chi connectivity index (χ1v) is 11.2. The lowest BCUT2D eigenvalue weighted by Gasteiger charge is -2.13. The van der Waals surface area contributed by atoms with E-state index in [0.29, 0.717) is 17.5 Å². The van der Waals surface area contributed by atoms with E-state index in [1.165, 1.54) is 17.4 Å². The van der Waals surface area contributed by atoms with Crippen molar-refractivity contribution in [3.05, 3.63) is 83.1 Å². The molecule has 0 amide bonds. The molecule has 0 aliphatic heterocycles. The van der Waals surface area contributed by atoms with Crippen molar-refractivity contribution in [2.45, 2.75) is 17.5 Å². The van der Waals surface area contributed by atoms with Gasteiger partial charge in [-0.3, -0.25) is 4.72 Å². The number of rotatable bonds is 6. The molecule has 4 aromatic rings. The molecule has 0 aliphatic rings. The van der Waals surface area contributed by atoms with E-state index in [2.05, 4.69) is 14.9 Å². The van der Waals surface area contributed by atoms with Gasteiger partial charge in [0.25, 0.3) is 10.0 Å². The van der Waals surface area contributed by atoms with Crippen LogP contribution in [0.15, 0.2) is 75.5 Å². The highest BCUT2D eigenvalue weighted by atomic mass is 32.2. The van der Waals surface area contributed by atoms with Crippen LogP contribution < -0.4 is 4.72 Å². The first-order chi connectivity index (χ1) is 14.7. The zero-order chi connectivity index (χ0) is 22.1. The lowest BCUT2D eigenvalue weighted by molar-refractivity contribution is -0.137. The fourth-order valence-corrected chi connectivity index (χ4v) is 4.61. The Morgan fingerprint density at radius 3 is 2.58 bits per heavy atom. The number of nitrogens with zero attached hydrogens (tertiary/aromatic N) is 2. The zero-order valence-electron chi connectivity index (χ0n) is 15.6. The molecule has 0 saturated heterocycles. The second kappa shape index (κ2) is 8.16. The molecule has 4 rings (SSSR count). The standard InChI is InChI=1S/C20H14F3N3O3S2/c21-20(22,23)14-6-3-7-15(12-14)31(27,28)26-16-8-2-1-5-13(16)11-18-24-19(25-29-18)17-9-4-10-30-17/h1-10,12,26H,11H2. The number of thiophene rings is 1. The SMILES string of the molecule is O=S(=O)(Nc1ccccc1Cc1nc(-c2cccs2)no1)c1cccc(C(F)(F)F)c1. The number of benzene rings is 2. The van der Waals surface area contributed by atoms with Crippen molar-refractivity contribution in [3.63, 3.8) is 0 Å². The fraction of sp³-hybridized carbons (Fsp3) is 0.100. The summed E-state index contributed by atoms with van der Waals surface area (Å²) >= 11 is 1.45. The average molecular weight is 465 g/mol. The van der Waals surface area contributed by atoms with Gasteiger partial charge >= 0.3 is 6.18 Å². The minimum atomic E-state index is -4.65. The summed E-state index contributed by atoms with van der Waals surface area (Å²) < 4.78 is 71.9. The number of hydrogen-bond acceptors (Lipinski definition) is 6. The van der Waals surface area contributed by atoms with Crippen molar-refractivity contribution < 1.29 is 26.1 Å². The number of aromatic nitrogens is 2. The first kappa shape index (κ1) is 21.1. The second-order valence-corrected chi connectivity index (χ2v) is 9.08. The Hall–Kier alpha value is -3.18. The van der Waals surface area contributed by atoms with Gasteiger partial charge in [0.15, 0.2) is 0 Å². The van der Waals surface area contributed by atoms with Crippen LogP contribution in [0.3, 0.4) is 0 Å². The highest BCUT2D eigenvalue weighted by Gasteiger charge is 2.31. The zero-order valence-corrected chi connectivity index (χ0v) is 17.3. The number of hydrogen-bond donors (Lipinski definition) is 1. The van der Waals surface area contributed by atoms with E-state index in [9.17, 15) is 21.6 Å². The van der Waals surface area contributed by atoms with Crippen LogP contribution in [0.1, 0.15) is 17.0 Å². The number of anilines is 1. The maximum atomic E-state index is 13.0. The van der Waals surface area contributed by atoms with Crippen LogP contribution in [0.4, 0.5) is 18.9 Å². The molecule has 2 aromatic carbocycles. The van der Waals surface area contributed by atoms with E-state index in [1.54, 1.807) is 18.2 Å². The molecular formula is C20H14F3N3O3S2. The number of nitrogens with one attached hydrogen (secondary N) is 1. The Bertz CT molecular complexity index is 1300. The van der Waals surface area contributed by atoms with Gasteiger partial charge in [-0.15, -0.1) is 11.3 Å². The van der Waals surface area contributed by atoms with E-state index in [1.807, 2.05) is 17.5 Å². The van der Waals surface area contributed by atoms with Gasteiger partial charge in [-0.05, 0) is 41.3 Å². The van der Waals surface area contributed by atoms with Crippen molar-refractivity contribution in [1.29, 1.82) is 0 Å². The smallest absolute Gasteiger partial charge is 0.339 e. The minimum absolute atomic E-state index is 0.139. The van der Waals surface area contributed by atoms with Crippen molar-refractivity contribution >= 4 is 27.0 Å². The summed E-state index contributed by atoms with van der Waals surface area (Å²) in [4.78, 5) is 4.65. The van der Waals surface area contributed by atoms with Crippen molar-refractivity contribution in [2.75, 3.05) is 4.72 Å². The van der Waals surface area contributed by atoms with Gasteiger partial charge in [0.05, 0.1) is 27.4 Å². The minimum Gasteiger partial charge on any atom is -0.339 e. The molecule has 0 bridgehead atoms. The molecule has 0 unspecified atom stereocenters. The Balaban J connectivity index is 1.59. The molecule has 0 radical (unpaired) electrons. The highest BCUT2D eigenvalue weighted by Crippen LogP contribution is 2.31. The molecule has 0 saturated carbocycles. The maximum absolute atomic E-state index is 13.0. The summed E-state index contributed by atoms with van der Waals surface area (Å²) in [6.45, 7) is 0. The third kappa shape index (κ3) is 4.78. The van der Waals surface area contributed by atoms with Crippen molar-refractivity contribution in [2.24, 2.45) is 0 Å². The van der Waals surface area contributed by atoms with E-state index in [0.717, 1.165) is 23.1 Å². The molecule has 0 fully saturated rings. The Morgan fingerprint density at radius 2 is 1.84 bits per heavy atom. The summed E-state index contributed by atoms with van der Waals surface area (Å²) in [6.07, 6.45) is -4.51. The lowest BCUT2D eigenvalue weighted by Crippen LogP contribution is -2.15. The van der Waals surface area contributed by atoms with E-state index in [4.69, 9.17) is 4.52 Å². The van der Waals surface area contributed by atoms with Crippen LogP contribution in [0.25, 0.3) is 10.7 Å². The molecular weight excluding hydrogens is 451 g/mol. The number of para-hydroxylation sites is 1.